The van der Waals surface area contributed by atoms with E-state index in [2.05, 4.69) is 11.9 Å². The minimum atomic E-state index is -0.919. The first-order valence-corrected chi connectivity index (χ1v) is 4.46. The molecule has 0 amide bonds. The molecular weight excluding hydrogens is 180 g/mol. The molecular formula is C10H16N2O2. The van der Waals surface area contributed by atoms with E-state index in [4.69, 9.17) is 10.8 Å². The van der Waals surface area contributed by atoms with Crippen molar-refractivity contribution in [2.75, 3.05) is 0 Å². The van der Waals surface area contributed by atoms with Crippen molar-refractivity contribution in [3.63, 3.8) is 0 Å². The highest BCUT2D eigenvalue weighted by Gasteiger charge is 1.97. The Kier molecular flexibility index (Phi) is 6.32. The summed E-state index contributed by atoms with van der Waals surface area (Å²) in [6, 6.07) is 3.28. The third kappa shape index (κ3) is 6.14. The van der Waals surface area contributed by atoms with Crippen LogP contribution >= 0.6 is 0 Å². The van der Waals surface area contributed by atoms with E-state index in [-0.39, 0.29) is 5.56 Å². The van der Waals surface area contributed by atoms with Gasteiger partial charge in [-0.25, -0.2) is 4.79 Å². The molecule has 1 aromatic rings. The van der Waals surface area contributed by atoms with Gasteiger partial charge in [0.05, 0.1) is 5.56 Å². The zero-order chi connectivity index (χ0) is 11.0. The number of carboxylic acid groups (broad SMARTS) is 1. The van der Waals surface area contributed by atoms with Crippen LogP contribution in [-0.2, 0) is 0 Å². The van der Waals surface area contributed by atoms with Crippen LogP contribution in [0.3, 0.4) is 0 Å². The highest BCUT2D eigenvalue weighted by atomic mass is 16.4. The van der Waals surface area contributed by atoms with E-state index in [0.29, 0.717) is 6.04 Å². The van der Waals surface area contributed by atoms with E-state index in [1.165, 1.54) is 24.5 Å². The minimum Gasteiger partial charge on any atom is -0.478 e. The molecule has 0 spiro atoms. The van der Waals surface area contributed by atoms with E-state index in [0.717, 1.165) is 6.42 Å². The summed E-state index contributed by atoms with van der Waals surface area (Å²) >= 11 is 0. The van der Waals surface area contributed by atoms with E-state index in [1.807, 2.05) is 6.92 Å². The third-order valence-corrected chi connectivity index (χ3v) is 1.57. The summed E-state index contributed by atoms with van der Waals surface area (Å²) in [6.45, 7) is 4.07. The van der Waals surface area contributed by atoms with Crippen molar-refractivity contribution in [1.82, 2.24) is 4.98 Å². The fourth-order valence-corrected chi connectivity index (χ4v) is 0.494. The maximum Gasteiger partial charge on any atom is 0.335 e. The SMILES string of the molecule is CCC(C)N.O=C(O)c1ccncc1. The van der Waals surface area contributed by atoms with Gasteiger partial charge in [-0.15, -0.1) is 0 Å². The Bertz CT molecular complexity index is 260. The average Bonchev–Trinajstić information content (AvgIpc) is 2.20. The normalized spacial score (nSPS) is 11.1. The molecule has 4 heteroatoms. The van der Waals surface area contributed by atoms with Crippen molar-refractivity contribution in [3.05, 3.63) is 30.1 Å². The van der Waals surface area contributed by atoms with Crippen molar-refractivity contribution in [3.8, 4) is 0 Å². The van der Waals surface area contributed by atoms with Gasteiger partial charge >= 0.3 is 5.97 Å². The molecule has 3 N–H and O–H groups in total. The van der Waals surface area contributed by atoms with Gasteiger partial charge in [-0.3, -0.25) is 4.98 Å². The zero-order valence-electron chi connectivity index (χ0n) is 8.47. The number of pyridine rings is 1. The smallest absolute Gasteiger partial charge is 0.335 e. The Hall–Kier alpha value is -1.42. The van der Waals surface area contributed by atoms with E-state index in [1.54, 1.807) is 0 Å². The lowest BCUT2D eigenvalue weighted by molar-refractivity contribution is 0.0697. The lowest BCUT2D eigenvalue weighted by Crippen LogP contribution is -2.11. The predicted octanol–water partition coefficient (Wildman–Crippen LogP) is 1.52. The van der Waals surface area contributed by atoms with Crippen molar-refractivity contribution in [1.29, 1.82) is 0 Å². The second-order valence-electron chi connectivity index (χ2n) is 2.93. The lowest BCUT2D eigenvalue weighted by Gasteiger charge is -1.91. The van der Waals surface area contributed by atoms with Crippen molar-refractivity contribution in [2.24, 2.45) is 5.73 Å². The van der Waals surface area contributed by atoms with Gasteiger partial charge < -0.3 is 10.8 Å². The Morgan fingerprint density at radius 2 is 2.00 bits per heavy atom. The maximum atomic E-state index is 10.2. The minimum absolute atomic E-state index is 0.269. The fourth-order valence-electron chi connectivity index (χ4n) is 0.494. The van der Waals surface area contributed by atoms with Crippen LogP contribution in [0.4, 0.5) is 0 Å². The van der Waals surface area contributed by atoms with Crippen LogP contribution in [0.25, 0.3) is 0 Å². The second kappa shape index (κ2) is 7.03. The third-order valence-electron chi connectivity index (χ3n) is 1.57. The Morgan fingerprint density at radius 1 is 1.57 bits per heavy atom. The molecule has 1 rings (SSSR count). The van der Waals surface area contributed by atoms with E-state index in [9.17, 15) is 4.79 Å². The van der Waals surface area contributed by atoms with Gasteiger partial charge in [0.25, 0.3) is 0 Å². The number of carboxylic acids is 1. The molecule has 14 heavy (non-hydrogen) atoms. The molecule has 78 valence electrons. The van der Waals surface area contributed by atoms with Gasteiger partial charge in [-0.1, -0.05) is 6.92 Å². The topological polar surface area (TPSA) is 76.2 Å². The quantitative estimate of drug-likeness (QED) is 0.752. The summed E-state index contributed by atoms with van der Waals surface area (Å²) in [6.07, 6.45) is 3.98. The van der Waals surface area contributed by atoms with Gasteiger partial charge in [0.1, 0.15) is 0 Å². The monoisotopic (exact) mass is 196 g/mol. The lowest BCUT2D eigenvalue weighted by atomic mass is 10.3. The van der Waals surface area contributed by atoms with Crippen LogP contribution in [0.15, 0.2) is 24.5 Å². The van der Waals surface area contributed by atoms with Gasteiger partial charge in [-0.2, -0.15) is 0 Å². The van der Waals surface area contributed by atoms with Crippen molar-refractivity contribution >= 4 is 5.97 Å². The molecule has 0 aliphatic rings. The molecule has 0 bridgehead atoms. The summed E-state index contributed by atoms with van der Waals surface area (Å²) in [7, 11) is 0. The Balaban J connectivity index is 0.000000292. The number of nitrogens with two attached hydrogens (primary N) is 1. The number of hydrogen-bond donors (Lipinski definition) is 2. The molecule has 0 radical (unpaired) electrons. The molecule has 4 nitrogen and oxygen atoms in total. The molecule has 0 aromatic carbocycles. The Labute approximate surface area is 83.8 Å². The van der Waals surface area contributed by atoms with E-state index >= 15 is 0 Å². The number of nitrogens with zero attached hydrogens (tertiary/aromatic N) is 1. The summed E-state index contributed by atoms with van der Waals surface area (Å²) in [5, 5.41) is 8.36. The van der Waals surface area contributed by atoms with Crippen molar-refractivity contribution in [2.45, 2.75) is 26.3 Å². The van der Waals surface area contributed by atoms with Crippen LogP contribution in [0, 0.1) is 0 Å². The number of aromatic nitrogens is 1. The molecule has 0 saturated heterocycles. The predicted molar refractivity (Wildman–Crippen MR) is 55.1 cm³/mol. The molecule has 1 atom stereocenters. The van der Waals surface area contributed by atoms with Crippen LogP contribution in [-0.4, -0.2) is 22.1 Å². The van der Waals surface area contributed by atoms with Gasteiger partial charge in [-0.05, 0) is 25.5 Å². The van der Waals surface area contributed by atoms with Gasteiger partial charge in [0.15, 0.2) is 0 Å². The highest BCUT2D eigenvalue weighted by molar-refractivity contribution is 5.87. The van der Waals surface area contributed by atoms with Crippen LogP contribution in [0.2, 0.25) is 0 Å². The number of rotatable bonds is 2. The molecule has 1 unspecified atom stereocenters. The molecule has 1 aromatic heterocycles. The summed E-state index contributed by atoms with van der Waals surface area (Å²) in [5.74, 6) is -0.919. The molecule has 0 fully saturated rings. The molecule has 1 heterocycles. The summed E-state index contributed by atoms with van der Waals surface area (Å²) in [5.41, 5.74) is 5.56. The number of aromatic carboxylic acids is 1. The zero-order valence-corrected chi connectivity index (χ0v) is 8.47. The van der Waals surface area contributed by atoms with Gasteiger partial charge in [0.2, 0.25) is 0 Å². The first-order valence-electron chi connectivity index (χ1n) is 4.46. The van der Waals surface area contributed by atoms with Crippen LogP contribution in [0.1, 0.15) is 30.6 Å². The van der Waals surface area contributed by atoms with Crippen LogP contribution < -0.4 is 5.73 Å². The molecule has 0 aliphatic heterocycles. The summed E-state index contributed by atoms with van der Waals surface area (Å²) in [4.78, 5) is 13.8. The fraction of sp³-hybridized carbons (Fsp3) is 0.400. The molecule has 0 saturated carbocycles. The standard InChI is InChI=1S/C6H5NO2.C4H11N/c8-6(9)5-1-3-7-4-2-5;1-3-4(2)5/h1-4H,(H,8,9);4H,3,5H2,1-2H3. The largest absolute Gasteiger partial charge is 0.478 e. The first kappa shape index (κ1) is 12.6. The number of carbonyl (C=O) groups is 1. The van der Waals surface area contributed by atoms with Crippen LogP contribution in [0.5, 0.6) is 0 Å². The highest BCUT2D eigenvalue weighted by Crippen LogP contribution is 1.93. The second-order valence-corrected chi connectivity index (χ2v) is 2.93. The van der Waals surface area contributed by atoms with Gasteiger partial charge in [0, 0.05) is 18.4 Å². The maximum absolute atomic E-state index is 10.2. The first-order chi connectivity index (χ1) is 6.57. The average molecular weight is 196 g/mol. The van der Waals surface area contributed by atoms with E-state index < -0.39 is 5.97 Å². The summed E-state index contributed by atoms with van der Waals surface area (Å²) < 4.78 is 0. The van der Waals surface area contributed by atoms with Crippen molar-refractivity contribution < 1.29 is 9.90 Å². The molecule has 0 aliphatic carbocycles. The number of hydrogen-bond acceptors (Lipinski definition) is 3. The Morgan fingerprint density at radius 3 is 2.21 bits per heavy atom.